The first kappa shape index (κ1) is 15.8. The van der Waals surface area contributed by atoms with Crippen molar-refractivity contribution in [3.05, 3.63) is 29.8 Å². The highest BCUT2D eigenvalue weighted by molar-refractivity contribution is 5.83. The molecule has 21 heavy (non-hydrogen) atoms. The van der Waals surface area contributed by atoms with E-state index < -0.39 is 6.04 Å². The van der Waals surface area contributed by atoms with Crippen molar-refractivity contribution in [1.29, 1.82) is 0 Å². The van der Waals surface area contributed by atoms with Crippen molar-refractivity contribution in [2.45, 2.75) is 52.2 Å². The van der Waals surface area contributed by atoms with E-state index in [2.05, 4.69) is 0 Å². The smallest absolute Gasteiger partial charge is 0.240 e. The summed E-state index contributed by atoms with van der Waals surface area (Å²) < 4.78 is 5.16. The van der Waals surface area contributed by atoms with Gasteiger partial charge in [-0.3, -0.25) is 4.79 Å². The third kappa shape index (κ3) is 3.97. The summed E-state index contributed by atoms with van der Waals surface area (Å²) in [7, 11) is 1.65. The Morgan fingerprint density at radius 2 is 1.90 bits per heavy atom. The Morgan fingerprint density at radius 3 is 2.33 bits per heavy atom. The number of methoxy groups -OCH3 is 1. The van der Waals surface area contributed by atoms with Crippen molar-refractivity contribution in [3.63, 3.8) is 0 Å². The minimum Gasteiger partial charge on any atom is -0.497 e. The average molecular weight is 290 g/mol. The minimum absolute atomic E-state index is 0.0563. The van der Waals surface area contributed by atoms with Gasteiger partial charge in [0, 0.05) is 12.6 Å². The van der Waals surface area contributed by atoms with Crippen LogP contribution in [0.3, 0.4) is 0 Å². The fraction of sp³-hybridized carbons (Fsp3) is 0.588. The number of hydrogen-bond acceptors (Lipinski definition) is 3. The summed E-state index contributed by atoms with van der Waals surface area (Å²) in [5.74, 6) is 0.884. The van der Waals surface area contributed by atoms with E-state index in [1.807, 2.05) is 49.9 Å². The Kier molecular flexibility index (Phi) is 4.57. The lowest BCUT2D eigenvalue weighted by atomic mass is 9.86. The molecule has 4 heteroatoms. The molecular weight excluding hydrogens is 264 g/mol. The summed E-state index contributed by atoms with van der Waals surface area (Å²) in [5, 5.41) is 0. The first-order valence-corrected chi connectivity index (χ1v) is 7.52. The third-order valence-electron chi connectivity index (χ3n) is 3.98. The maximum atomic E-state index is 12.7. The number of hydrogen-bond donors (Lipinski definition) is 1. The highest BCUT2D eigenvalue weighted by Gasteiger charge is 2.38. The Hall–Kier alpha value is -1.55. The number of amides is 1. The Morgan fingerprint density at radius 1 is 1.33 bits per heavy atom. The molecule has 1 unspecified atom stereocenters. The van der Waals surface area contributed by atoms with Gasteiger partial charge in [-0.2, -0.15) is 0 Å². The normalized spacial score (nSPS) is 16.4. The number of ether oxygens (including phenoxy) is 1. The van der Waals surface area contributed by atoms with E-state index in [1.165, 1.54) is 0 Å². The van der Waals surface area contributed by atoms with Gasteiger partial charge in [-0.25, -0.2) is 0 Å². The fourth-order valence-electron chi connectivity index (χ4n) is 2.25. The highest BCUT2D eigenvalue weighted by Crippen LogP contribution is 2.31. The van der Waals surface area contributed by atoms with Crippen LogP contribution in [0.25, 0.3) is 0 Å². The van der Waals surface area contributed by atoms with Crippen molar-refractivity contribution in [1.82, 2.24) is 4.90 Å². The number of benzene rings is 1. The molecule has 1 amide bonds. The average Bonchev–Trinajstić information content (AvgIpc) is 3.27. The highest BCUT2D eigenvalue weighted by atomic mass is 16.5. The van der Waals surface area contributed by atoms with Gasteiger partial charge < -0.3 is 15.4 Å². The standard InChI is InChI=1S/C17H26N2O2/c1-17(2,3)15(18)16(20)19(13-7-8-13)11-12-5-9-14(21-4)10-6-12/h5-6,9-10,13,15H,7-8,11,18H2,1-4H3. The first-order chi connectivity index (χ1) is 9.82. The molecule has 116 valence electrons. The number of nitrogens with two attached hydrogens (primary N) is 1. The summed E-state index contributed by atoms with van der Waals surface area (Å²) in [5.41, 5.74) is 7.04. The predicted octanol–water partition coefficient (Wildman–Crippen LogP) is 2.56. The second kappa shape index (κ2) is 6.06. The molecule has 1 atom stereocenters. The maximum Gasteiger partial charge on any atom is 0.240 e. The van der Waals surface area contributed by atoms with E-state index >= 15 is 0 Å². The van der Waals surface area contributed by atoms with Crippen molar-refractivity contribution < 1.29 is 9.53 Å². The van der Waals surface area contributed by atoms with Crippen LogP contribution in [0.15, 0.2) is 24.3 Å². The lowest BCUT2D eigenvalue weighted by Gasteiger charge is -2.32. The van der Waals surface area contributed by atoms with Gasteiger partial charge in [-0.15, -0.1) is 0 Å². The Labute approximate surface area is 127 Å². The van der Waals surface area contributed by atoms with Crippen LogP contribution in [-0.4, -0.2) is 30.0 Å². The van der Waals surface area contributed by atoms with Gasteiger partial charge in [0.05, 0.1) is 13.2 Å². The van der Waals surface area contributed by atoms with E-state index in [-0.39, 0.29) is 11.3 Å². The number of nitrogens with zero attached hydrogens (tertiary/aromatic N) is 1. The van der Waals surface area contributed by atoms with E-state index in [1.54, 1.807) is 7.11 Å². The van der Waals surface area contributed by atoms with Crippen molar-refractivity contribution in [3.8, 4) is 5.75 Å². The van der Waals surface area contributed by atoms with Crippen LogP contribution in [0.1, 0.15) is 39.2 Å². The molecule has 1 aromatic carbocycles. The van der Waals surface area contributed by atoms with Gasteiger partial charge >= 0.3 is 0 Å². The molecule has 0 spiro atoms. The van der Waals surface area contributed by atoms with Gasteiger partial charge in [-0.05, 0) is 36.0 Å². The van der Waals surface area contributed by atoms with Crippen LogP contribution in [-0.2, 0) is 11.3 Å². The second-order valence-corrected chi connectivity index (χ2v) is 6.89. The quantitative estimate of drug-likeness (QED) is 0.906. The van der Waals surface area contributed by atoms with Gasteiger partial charge in [-0.1, -0.05) is 32.9 Å². The van der Waals surface area contributed by atoms with Crippen LogP contribution < -0.4 is 10.5 Å². The van der Waals surface area contributed by atoms with Crippen LogP contribution in [0, 0.1) is 5.41 Å². The first-order valence-electron chi connectivity index (χ1n) is 7.52. The Balaban J connectivity index is 2.10. The molecule has 1 aromatic rings. The van der Waals surface area contributed by atoms with Crippen LogP contribution in [0.4, 0.5) is 0 Å². The van der Waals surface area contributed by atoms with Gasteiger partial charge in [0.25, 0.3) is 0 Å². The molecule has 1 fully saturated rings. The summed E-state index contributed by atoms with van der Waals surface area (Å²) in [4.78, 5) is 14.6. The molecule has 0 bridgehead atoms. The zero-order valence-electron chi connectivity index (χ0n) is 13.4. The lowest BCUT2D eigenvalue weighted by Crippen LogP contribution is -2.50. The molecule has 2 N–H and O–H groups in total. The maximum absolute atomic E-state index is 12.7. The number of carbonyl (C=O) groups excluding carboxylic acids is 1. The molecule has 4 nitrogen and oxygen atoms in total. The Bertz CT molecular complexity index is 487. The summed E-state index contributed by atoms with van der Waals surface area (Å²) >= 11 is 0. The molecule has 1 aliphatic rings. The summed E-state index contributed by atoms with van der Waals surface area (Å²) in [6.07, 6.45) is 2.16. The van der Waals surface area contributed by atoms with E-state index in [4.69, 9.17) is 10.5 Å². The van der Waals surface area contributed by atoms with Gasteiger partial charge in [0.1, 0.15) is 5.75 Å². The van der Waals surface area contributed by atoms with Crippen molar-refractivity contribution in [2.75, 3.05) is 7.11 Å². The van der Waals surface area contributed by atoms with E-state index in [0.29, 0.717) is 12.6 Å². The monoisotopic (exact) mass is 290 g/mol. The van der Waals surface area contributed by atoms with E-state index in [9.17, 15) is 4.79 Å². The summed E-state index contributed by atoms with van der Waals surface area (Å²) in [6, 6.07) is 7.75. The predicted molar refractivity (Wildman–Crippen MR) is 84.0 cm³/mol. The van der Waals surface area contributed by atoms with Crippen molar-refractivity contribution in [2.24, 2.45) is 11.1 Å². The molecule has 2 rings (SSSR count). The SMILES string of the molecule is COc1ccc(CN(C(=O)C(N)C(C)(C)C)C2CC2)cc1. The number of carbonyl (C=O) groups is 1. The van der Waals surface area contributed by atoms with E-state index in [0.717, 1.165) is 24.2 Å². The molecular formula is C17H26N2O2. The largest absolute Gasteiger partial charge is 0.497 e. The second-order valence-electron chi connectivity index (χ2n) is 6.89. The molecule has 0 aromatic heterocycles. The topological polar surface area (TPSA) is 55.6 Å². The molecule has 0 aliphatic heterocycles. The fourth-order valence-corrected chi connectivity index (χ4v) is 2.25. The molecule has 0 radical (unpaired) electrons. The minimum atomic E-state index is -0.462. The van der Waals surface area contributed by atoms with Crippen LogP contribution in [0.5, 0.6) is 5.75 Å². The van der Waals surface area contributed by atoms with Crippen molar-refractivity contribution >= 4 is 5.91 Å². The van der Waals surface area contributed by atoms with Crippen LogP contribution >= 0.6 is 0 Å². The zero-order valence-corrected chi connectivity index (χ0v) is 13.4. The van der Waals surface area contributed by atoms with Gasteiger partial charge in [0.2, 0.25) is 5.91 Å². The van der Waals surface area contributed by atoms with Crippen LogP contribution in [0.2, 0.25) is 0 Å². The lowest BCUT2D eigenvalue weighted by molar-refractivity contribution is -0.136. The van der Waals surface area contributed by atoms with Gasteiger partial charge in [0.15, 0.2) is 0 Å². The molecule has 1 saturated carbocycles. The third-order valence-corrected chi connectivity index (χ3v) is 3.98. The molecule has 0 heterocycles. The summed E-state index contributed by atoms with van der Waals surface area (Å²) in [6.45, 7) is 6.65. The zero-order chi connectivity index (χ0) is 15.6. The molecule has 0 saturated heterocycles. The number of rotatable bonds is 5. The molecule has 1 aliphatic carbocycles.